The van der Waals surface area contributed by atoms with Crippen molar-refractivity contribution in [2.24, 2.45) is 0 Å². The van der Waals surface area contributed by atoms with E-state index in [1.807, 2.05) is 90.1 Å². The van der Waals surface area contributed by atoms with E-state index in [0.29, 0.717) is 24.7 Å². The van der Waals surface area contributed by atoms with Gasteiger partial charge in [0.2, 0.25) is 0 Å². The van der Waals surface area contributed by atoms with Gasteiger partial charge in [0.1, 0.15) is 0 Å². The molecule has 0 radical (unpaired) electrons. The van der Waals surface area contributed by atoms with Crippen LogP contribution in [0.25, 0.3) is 12.2 Å². The van der Waals surface area contributed by atoms with Gasteiger partial charge in [-0.25, -0.2) is 0 Å². The lowest BCUT2D eigenvalue weighted by atomic mass is 9.87. The number of carbonyl (C=O) groups excluding carboxylic acids is 1. The first-order chi connectivity index (χ1) is 16.8. The largest absolute Gasteiger partial charge is 0.490 e. The molecule has 0 N–H and O–H groups in total. The Morgan fingerprint density at radius 1 is 0.714 bits per heavy atom. The van der Waals surface area contributed by atoms with Gasteiger partial charge >= 0.3 is 0 Å². The number of ketones is 1. The molecular weight excluding hydrogens is 440 g/mol. The average Bonchev–Trinajstić information content (AvgIpc) is 2.80. The molecule has 5 nitrogen and oxygen atoms in total. The molecule has 188 valence electrons. The average molecular weight is 479 g/mol. The number of Topliss-reactive ketones (excluding diaryl/α,β-unsaturated/α-hetero) is 1. The quantitative estimate of drug-likeness (QED) is 0.336. The second-order valence-electron chi connectivity index (χ2n) is 9.13. The molecule has 1 aliphatic carbocycles. The summed E-state index contributed by atoms with van der Waals surface area (Å²) in [5.74, 6) is 2.92. The van der Waals surface area contributed by atoms with Crippen LogP contribution >= 0.6 is 0 Å². The summed E-state index contributed by atoms with van der Waals surface area (Å²) in [5.41, 5.74) is 3.49. The highest BCUT2D eigenvalue weighted by Crippen LogP contribution is 2.34. The minimum atomic E-state index is 0.0558. The smallest absolute Gasteiger partial charge is 0.185 e. The second-order valence-corrected chi connectivity index (χ2v) is 9.13. The first-order valence-corrected chi connectivity index (χ1v) is 12.6. The van der Waals surface area contributed by atoms with Gasteiger partial charge in [-0.15, -0.1) is 0 Å². The molecule has 0 unspecified atom stereocenters. The monoisotopic (exact) mass is 478 g/mol. The predicted molar refractivity (Wildman–Crippen MR) is 142 cm³/mol. The summed E-state index contributed by atoms with van der Waals surface area (Å²) in [7, 11) is 0. The SMILES string of the molecule is CCOc1cc(C=C2CCCC(=Cc3ccc(OC(C)C)c(OCC)c3)C2=O)ccc1OC(C)C. The molecule has 5 heteroatoms. The van der Waals surface area contributed by atoms with Crippen LogP contribution in [0.4, 0.5) is 0 Å². The zero-order valence-electron chi connectivity index (χ0n) is 21.9. The van der Waals surface area contributed by atoms with Gasteiger partial charge in [0.05, 0.1) is 25.4 Å². The van der Waals surface area contributed by atoms with Gasteiger partial charge in [0.25, 0.3) is 0 Å². The molecule has 35 heavy (non-hydrogen) atoms. The van der Waals surface area contributed by atoms with E-state index in [4.69, 9.17) is 18.9 Å². The summed E-state index contributed by atoms with van der Waals surface area (Å²) in [6.07, 6.45) is 6.51. The maximum atomic E-state index is 13.3. The van der Waals surface area contributed by atoms with Crippen LogP contribution in [-0.4, -0.2) is 31.2 Å². The summed E-state index contributed by atoms with van der Waals surface area (Å²) in [6, 6.07) is 11.7. The summed E-state index contributed by atoms with van der Waals surface area (Å²) in [4.78, 5) is 13.3. The fraction of sp³-hybridized carbons (Fsp3) is 0.433. The fourth-order valence-corrected chi connectivity index (χ4v) is 4.05. The Bertz CT molecular complexity index is 995. The maximum Gasteiger partial charge on any atom is 0.185 e. The Kier molecular flexibility index (Phi) is 9.41. The molecule has 0 amide bonds. The summed E-state index contributed by atoms with van der Waals surface area (Å²) in [6.45, 7) is 12.9. The number of rotatable bonds is 10. The van der Waals surface area contributed by atoms with Crippen LogP contribution in [0.1, 0.15) is 71.9 Å². The van der Waals surface area contributed by atoms with Gasteiger partial charge in [0, 0.05) is 11.1 Å². The molecule has 0 atom stereocenters. The molecule has 2 aromatic carbocycles. The van der Waals surface area contributed by atoms with Crippen LogP contribution in [0.5, 0.6) is 23.0 Å². The topological polar surface area (TPSA) is 54.0 Å². The van der Waals surface area contributed by atoms with Gasteiger partial charge in [-0.05, 0) is 108 Å². The molecule has 0 saturated heterocycles. The van der Waals surface area contributed by atoms with Crippen molar-refractivity contribution < 1.29 is 23.7 Å². The number of benzene rings is 2. The Morgan fingerprint density at radius 3 is 1.51 bits per heavy atom. The summed E-state index contributed by atoms with van der Waals surface area (Å²) in [5, 5.41) is 0. The van der Waals surface area contributed by atoms with E-state index >= 15 is 0 Å². The molecule has 0 bridgehead atoms. The van der Waals surface area contributed by atoms with Crippen molar-refractivity contribution in [2.45, 2.75) is 73.0 Å². The molecule has 0 aliphatic heterocycles. The van der Waals surface area contributed by atoms with Crippen LogP contribution in [-0.2, 0) is 4.79 Å². The van der Waals surface area contributed by atoms with Crippen LogP contribution < -0.4 is 18.9 Å². The minimum absolute atomic E-state index is 0.0558. The number of hydrogen-bond acceptors (Lipinski definition) is 5. The van der Waals surface area contributed by atoms with Gasteiger partial charge in [-0.3, -0.25) is 4.79 Å². The van der Waals surface area contributed by atoms with E-state index in [0.717, 1.165) is 53.0 Å². The van der Waals surface area contributed by atoms with Crippen molar-refractivity contribution in [1.82, 2.24) is 0 Å². The van der Waals surface area contributed by atoms with Gasteiger partial charge in [-0.1, -0.05) is 12.1 Å². The summed E-state index contributed by atoms with van der Waals surface area (Å²) >= 11 is 0. The second kappa shape index (κ2) is 12.5. The summed E-state index contributed by atoms with van der Waals surface area (Å²) < 4.78 is 23.3. The van der Waals surface area contributed by atoms with E-state index in [9.17, 15) is 4.79 Å². The molecule has 1 fully saturated rings. The first-order valence-electron chi connectivity index (χ1n) is 12.6. The molecule has 0 aromatic heterocycles. The van der Waals surface area contributed by atoms with E-state index in [1.54, 1.807) is 0 Å². The van der Waals surface area contributed by atoms with Crippen molar-refractivity contribution >= 4 is 17.9 Å². The highest BCUT2D eigenvalue weighted by molar-refractivity contribution is 6.14. The Balaban J connectivity index is 1.87. The number of allylic oxidation sites excluding steroid dienone is 2. The molecule has 2 aromatic rings. The predicted octanol–water partition coefficient (Wildman–Crippen LogP) is 7.28. The van der Waals surface area contributed by atoms with Gasteiger partial charge in [-0.2, -0.15) is 0 Å². The molecule has 0 heterocycles. The van der Waals surface area contributed by atoms with E-state index in [-0.39, 0.29) is 18.0 Å². The zero-order valence-corrected chi connectivity index (χ0v) is 21.9. The number of carbonyl (C=O) groups is 1. The molecule has 3 rings (SSSR count). The fourth-order valence-electron chi connectivity index (χ4n) is 4.05. The standard InChI is InChI=1S/C30H38O5/c1-7-32-28-18-22(12-14-26(28)34-20(3)4)16-24-10-9-11-25(30(24)31)17-23-13-15-27(35-21(5)6)29(19-23)33-8-2/h12-21H,7-11H2,1-6H3. The molecule has 0 spiro atoms. The van der Waals surface area contributed by atoms with Crippen LogP contribution in [0, 0.1) is 0 Å². The van der Waals surface area contributed by atoms with Gasteiger partial charge in [0.15, 0.2) is 28.8 Å². The van der Waals surface area contributed by atoms with Crippen molar-refractivity contribution in [2.75, 3.05) is 13.2 Å². The lowest BCUT2D eigenvalue weighted by Gasteiger charge is -2.18. The molecule has 1 aliphatic rings. The van der Waals surface area contributed by atoms with Gasteiger partial charge < -0.3 is 18.9 Å². The third-order valence-electron chi connectivity index (χ3n) is 5.42. The van der Waals surface area contributed by atoms with E-state index in [1.165, 1.54) is 0 Å². The van der Waals surface area contributed by atoms with Crippen LogP contribution in [0.2, 0.25) is 0 Å². The Morgan fingerprint density at radius 2 is 1.14 bits per heavy atom. The van der Waals surface area contributed by atoms with Crippen LogP contribution in [0.3, 0.4) is 0 Å². The van der Waals surface area contributed by atoms with Crippen LogP contribution in [0.15, 0.2) is 47.5 Å². The third-order valence-corrected chi connectivity index (χ3v) is 5.42. The first kappa shape index (κ1) is 26.4. The normalized spacial score (nSPS) is 16.3. The number of ether oxygens (including phenoxy) is 4. The van der Waals surface area contributed by atoms with Crippen molar-refractivity contribution in [3.8, 4) is 23.0 Å². The number of hydrogen-bond donors (Lipinski definition) is 0. The van der Waals surface area contributed by atoms with Crippen molar-refractivity contribution in [1.29, 1.82) is 0 Å². The Hall–Kier alpha value is -3.21. The van der Waals surface area contributed by atoms with Crippen molar-refractivity contribution in [3.63, 3.8) is 0 Å². The highest BCUT2D eigenvalue weighted by atomic mass is 16.5. The lowest BCUT2D eigenvalue weighted by Crippen LogP contribution is -2.12. The van der Waals surface area contributed by atoms with E-state index in [2.05, 4.69) is 0 Å². The maximum absolute atomic E-state index is 13.3. The third kappa shape index (κ3) is 7.38. The minimum Gasteiger partial charge on any atom is -0.490 e. The molecule has 1 saturated carbocycles. The molecular formula is C30H38O5. The lowest BCUT2D eigenvalue weighted by molar-refractivity contribution is -0.112. The van der Waals surface area contributed by atoms with E-state index < -0.39 is 0 Å². The van der Waals surface area contributed by atoms with Crippen molar-refractivity contribution in [3.05, 3.63) is 58.7 Å². The Labute approximate surface area is 209 Å². The highest BCUT2D eigenvalue weighted by Gasteiger charge is 2.21. The zero-order chi connectivity index (χ0) is 25.4.